The van der Waals surface area contributed by atoms with Crippen LogP contribution < -0.4 is 0 Å². The molecule has 47 valence electrons. The molecule has 1 aliphatic carbocycles. The van der Waals surface area contributed by atoms with Crippen molar-refractivity contribution in [1.82, 2.24) is 0 Å². The first-order valence-corrected chi connectivity index (χ1v) is 3.10. The minimum absolute atomic E-state index is 0.494. The molecule has 0 aliphatic heterocycles. The van der Waals surface area contributed by atoms with Crippen LogP contribution in [0.25, 0.3) is 0 Å². The minimum Gasteiger partial charge on any atom is -0.244 e. The van der Waals surface area contributed by atoms with Crippen LogP contribution in [0.2, 0.25) is 0 Å². The Morgan fingerprint density at radius 1 is 1.25 bits per heavy atom. The molecule has 2 atom stereocenters. The third-order valence-corrected chi connectivity index (χ3v) is 1.62. The number of hydrogen-bond donors (Lipinski definition) is 0. The lowest BCUT2D eigenvalue weighted by Crippen LogP contribution is -2.23. The van der Waals surface area contributed by atoms with Gasteiger partial charge in [-0.15, -0.1) is 0 Å². The quantitative estimate of drug-likeness (QED) is 0.460. The lowest BCUT2D eigenvalue weighted by Gasteiger charge is -2.18. The number of alkyl halides is 1. The zero-order valence-corrected chi connectivity index (χ0v) is 4.77. The van der Waals surface area contributed by atoms with Crippen LogP contribution in [0.4, 0.5) is 4.39 Å². The Balaban J connectivity index is 2.28. The van der Waals surface area contributed by atoms with Crippen molar-refractivity contribution in [2.24, 2.45) is 0 Å². The third-order valence-electron chi connectivity index (χ3n) is 1.62. The highest BCUT2D eigenvalue weighted by Crippen LogP contribution is 2.20. The smallest absolute Gasteiger partial charge is 0.129 e. The molecule has 0 amide bonds. The summed E-state index contributed by atoms with van der Waals surface area (Å²) in [6, 6.07) is 0. The van der Waals surface area contributed by atoms with Crippen LogP contribution in [-0.2, 0) is 5.11 Å². The molecule has 0 heterocycles. The highest BCUT2D eigenvalue weighted by molar-refractivity contribution is 4.72. The average Bonchev–Trinajstić information content (AvgIpc) is 1.77. The van der Waals surface area contributed by atoms with Gasteiger partial charge in [-0.1, -0.05) is 12.8 Å². The summed E-state index contributed by atoms with van der Waals surface area (Å²) in [7, 11) is 0. The first kappa shape index (κ1) is 6.02. The molecule has 0 saturated heterocycles. The van der Waals surface area contributed by atoms with E-state index in [-0.39, 0.29) is 0 Å². The molecule has 1 radical (unpaired) electrons. The second kappa shape index (κ2) is 2.44. The summed E-state index contributed by atoms with van der Waals surface area (Å²) in [6.07, 6.45) is 0.900. The Hall–Kier alpha value is -0.110. The SMILES string of the molecule is [O][C@@H]1CCCC[C@H]1F. The largest absolute Gasteiger partial charge is 0.244 e. The van der Waals surface area contributed by atoms with Gasteiger partial charge in [-0.05, 0) is 12.8 Å². The average molecular weight is 117 g/mol. The van der Waals surface area contributed by atoms with Crippen LogP contribution in [0.1, 0.15) is 25.7 Å². The zero-order chi connectivity index (χ0) is 5.98. The molecule has 1 nitrogen and oxygen atoms in total. The maximum atomic E-state index is 12.3. The Kier molecular flexibility index (Phi) is 1.84. The Labute approximate surface area is 48.5 Å². The lowest BCUT2D eigenvalue weighted by atomic mass is 9.96. The van der Waals surface area contributed by atoms with E-state index in [2.05, 4.69) is 0 Å². The van der Waals surface area contributed by atoms with E-state index in [1.165, 1.54) is 0 Å². The van der Waals surface area contributed by atoms with Crippen LogP contribution >= 0.6 is 0 Å². The molecule has 0 aromatic rings. The summed E-state index contributed by atoms with van der Waals surface area (Å²) in [6.45, 7) is 0. The van der Waals surface area contributed by atoms with Gasteiger partial charge in [0.15, 0.2) is 0 Å². The molecule has 0 unspecified atom stereocenters. The van der Waals surface area contributed by atoms with Gasteiger partial charge in [0.05, 0.1) is 0 Å². The summed E-state index contributed by atoms with van der Waals surface area (Å²) in [4.78, 5) is 0. The fourth-order valence-corrected chi connectivity index (χ4v) is 1.05. The standard InChI is InChI=1S/C6H10FO/c7-5-3-1-2-4-6(5)8/h5-6H,1-4H2/t5-,6-/m1/s1. The molecule has 1 saturated carbocycles. The summed E-state index contributed by atoms with van der Waals surface area (Å²) >= 11 is 0. The molecule has 0 bridgehead atoms. The Morgan fingerprint density at radius 3 is 2.25 bits per heavy atom. The van der Waals surface area contributed by atoms with Crippen molar-refractivity contribution in [1.29, 1.82) is 0 Å². The molecule has 0 N–H and O–H groups in total. The molecular formula is C6H10FO. The molecule has 8 heavy (non-hydrogen) atoms. The first-order chi connectivity index (χ1) is 3.80. The van der Waals surface area contributed by atoms with Crippen molar-refractivity contribution in [3.05, 3.63) is 0 Å². The van der Waals surface area contributed by atoms with Gasteiger partial charge in [-0.25, -0.2) is 9.50 Å². The van der Waals surface area contributed by atoms with Crippen LogP contribution in [0.5, 0.6) is 0 Å². The summed E-state index contributed by atoms with van der Waals surface area (Å²) in [5, 5.41) is 10.5. The van der Waals surface area contributed by atoms with E-state index in [4.69, 9.17) is 0 Å². The van der Waals surface area contributed by atoms with Gasteiger partial charge in [0.2, 0.25) is 0 Å². The van der Waals surface area contributed by atoms with E-state index in [1.807, 2.05) is 0 Å². The highest BCUT2D eigenvalue weighted by Gasteiger charge is 2.23. The first-order valence-electron chi connectivity index (χ1n) is 3.10. The van der Waals surface area contributed by atoms with Crippen molar-refractivity contribution >= 4 is 0 Å². The fraction of sp³-hybridized carbons (Fsp3) is 1.00. The number of rotatable bonds is 0. The molecular weight excluding hydrogens is 107 g/mol. The van der Waals surface area contributed by atoms with Gasteiger partial charge in [0.25, 0.3) is 0 Å². The van der Waals surface area contributed by atoms with Gasteiger partial charge < -0.3 is 0 Å². The van der Waals surface area contributed by atoms with Crippen molar-refractivity contribution in [3.63, 3.8) is 0 Å². The van der Waals surface area contributed by atoms with Gasteiger partial charge in [0.1, 0.15) is 12.3 Å². The second-order valence-corrected chi connectivity index (χ2v) is 2.34. The Morgan fingerprint density at radius 2 is 1.88 bits per heavy atom. The van der Waals surface area contributed by atoms with E-state index in [9.17, 15) is 9.50 Å². The highest BCUT2D eigenvalue weighted by atomic mass is 19.1. The number of hydrogen-bond acceptors (Lipinski definition) is 0. The van der Waals surface area contributed by atoms with E-state index in [0.29, 0.717) is 12.8 Å². The van der Waals surface area contributed by atoms with Crippen molar-refractivity contribution < 1.29 is 9.50 Å². The van der Waals surface area contributed by atoms with E-state index in [1.54, 1.807) is 0 Å². The molecule has 1 aliphatic rings. The van der Waals surface area contributed by atoms with E-state index >= 15 is 0 Å². The molecule has 1 fully saturated rings. The zero-order valence-electron chi connectivity index (χ0n) is 4.77. The molecule has 0 aromatic carbocycles. The van der Waals surface area contributed by atoms with Crippen LogP contribution in [0.15, 0.2) is 0 Å². The lowest BCUT2D eigenvalue weighted by molar-refractivity contribution is -0.00876. The monoisotopic (exact) mass is 117 g/mol. The normalized spacial score (nSPS) is 39.8. The van der Waals surface area contributed by atoms with Crippen LogP contribution in [0, 0.1) is 0 Å². The maximum absolute atomic E-state index is 12.3. The maximum Gasteiger partial charge on any atom is 0.129 e. The van der Waals surface area contributed by atoms with Crippen molar-refractivity contribution in [2.45, 2.75) is 38.0 Å². The topological polar surface area (TPSA) is 19.9 Å². The van der Waals surface area contributed by atoms with E-state index < -0.39 is 12.3 Å². The van der Waals surface area contributed by atoms with Crippen LogP contribution in [-0.4, -0.2) is 12.3 Å². The summed E-state index contributed by atoms with van der Waals surface area (Å²) in [5.74, 6) is 0. The fourth-order valence-electron chi connectivity index (χ4n) is 1.05. The molecule has 1 rings (SSSR count). The number of halogens is 1. The molecule has 0 aromatic heterocycles. The van der Waals surface area contributed by atoms with Gasteiger partial charge in [0, 0.05) is 0 Å². The van der Waals surface area contributed by atoms with Crippen LogP contribution in [0.3, 0.4) is 0 Å². The summed E-state index contributed by atoms with van der Waals surface area (Å²) < 4.78 is 12.3. The molecule has 2 heteroatoms. The summed E-state index contributed by atoms with van der Waals surface area (Å²) in [5.41, 5.74) is 0. The second-order valence-electron chi connectivity index (χ2n) is 2.34. The Bertz CT molecular complexity index is 64.9. The predicted octanol–water partition coefficient (Wildman–Crippen LogP) is 1.70. The predicted molar refractivity (Wildman–Crippen MR) is 27.8 cm³/mol. The van der Waals surface area contributed by atoms with Crippen molar-refractivity contribution in [3.8, 4) is 0 Å². The third kappa shape index (κ3) is 1.19. The van der Waals surface area contributed by atoms with Gasteiger partial charge in [-0.2, -0.15) is 0 Å². The molecule has 0 spiro atoms. The minimum atomic E-state index is -1.05. The van der Waals surface area contributed by atoms with Gasteiger partial charge in [-0.3, -0.25) is 0 Å². The van der Waals surface area contributed by atoms with Crippen molar-refractivity contribution in [2.75, 3.05) is 0 Å². The van der Waals surface area contributed by atoms with Gasteiger partial charge >= 0.3 is 0 Å². The van der Waals surface area contributed by atoms with E-state index in [0.717, 1.165) is 12.8 Å².